The van der Waals surface area contributed by atoms with Crippen molar-refractivity contribution in [3.63, 3.8) is 0 Å². The highest BCUT2D eigenvalue weighted by Crippen LogP contribution is 2.35. The van der Waals surface area contributed by atoms with E-state index in [1.807, 2.05) is 0 Å². The lowest BCUT2D eigenvalue weighted by Crippen LogP contribution is -2.26. The van der Waals surface area contributed by atoms with E-state index in [4.69, 9.17) is 14.6 Å². The Hall–Kier alpha value is -1.86. The Kier molecular flexibility index (Phi) is 6.75. The van der Waals surface area contributed by atoms with E-state index in [-0.39, 0.29) is 24.1 Å². The zero-order chi connectivity index (χ0) is 15.0. The van der Waals surface area contributed by atoms with E-state index in [1.54, 1.807) is 25.1 Å². The lowest BCUT2D eigenvalue weighted by molar-refractivity contribution is -0.385. The van der Waals surface area contributed by atoms with E-state index in [9.17, 15) is 10.1 Å². The SMILES string of the molecule is CCOc1cccc(NC(CCO)COC)c1[N+](=O)[O-]. The van der Waals surface area contributed by atoms with Crippen molar-refractivity contribution in [1.82, 2.24) is 0 Å². The molecule has 0 aliphatic rings. The first-order valence-corrected chi connectivity index (χ1v) is 6.40. The van der Waals surface area contributed by atoms with E-state index in [0.717, 1.165) is 0 Å². The molecule has 0 radical (unpaired) electrons. The van der Waals surface area contributed by atoms with Gasteiger partial charge in [-0.1, -0.05) is 6.07 Å². The number of aliphatic hydroxyl groups is 1. The summed E-state index contributed by atoms with van der Waals surface area (Å²) in [5.74, 6) is 0.225. The zero-order valence-electron chi connectivity index (χ0n) is 11.7. The van der Waals surface area contributed by atoms with E-state index in [1.165, 1.54) is 7.11 Å². The number of nitrogens with zero attached hydrogens (tertiary/aromatic N) is 1. The van der Waals surface area contributed by atoms with Crippen LogP contribution in [0, 0.1) is 10.1 Å². The predicted molar refractivity (Wildman–Crippen MR) is 75.3 cm³/mol. The van der Waals surface area contributed by atoms with Gasteiger partial charge in [-0.2, -0.15) is 0 Å². The number of hydrogen-bond donors (Lipinski definition) is 2. The first-order valence-electron chi connectivity index (χ1n) is 6.40. The Morgan fingerprint density at radius 3 is 2.80 bits per heavy atom. The fraction of sp³-hybridized carbons (Fsp3) is 0.538. The molecule has 20 heavy (non-hydrogen) atoms. The third kappa shape index (κ3) is 4.36. The van der Waals surface area contributed by atoms with Gasteiger partial charge in [0.05, 0.1) is 24.2 Å². The third-order valence-corrected chi connectivity index (χ3v) is 2.69. The summed E-state index contributed by atoms with van der Waals surface area (Å²) in [6, 6.07) is 4.65. The number of ether oxygens (including phenoxy) is 2. The average molecular weight is 284 g/mol. The van der Waals surface area contributed by atoms with Crippen molar-refractivity contribution in [3.8, 4) is 5.75 Å². The first kappa shape index (κ1) is 16.2. The number of nitro groups is 1. The van der Waals surface area contributed by atoms with Gasteiger partial charge in [0.15, 0.2) is 5.75 Å². The molecular formula is C13H20N2O5. The minimum Gasteiger partial charge on any atom is -0.487 e. The van der Waals surface area contributed by atoms with Crippen LogP contribution in [-0.4, -0.2) is 43.0 Å². The summed E-state index contributed by atoms with van der Waals surface area (Å²) in [4.78, 5) is 10.7. The van der Waals surface area contributed by atoms with Gasteiger partial charge in [0.1, 0.15) is 5.69 Å². The van der Waals surface area contributed by atoms with Crippen LogP contribution >= 0.6 is 0 Å². The molecule has 0 spiro atoms. The van der Waals surface area contributed by atoms with Gasteiger partial charge < -0.3 is 19.9 Å². The van der Waals surface area contributed by atoms with Crippen molar-refractivity contribution < 1.29 is 19.5 Å². The van der Waals surface area contributed by atoms with Crippen LogP contribution in [0.25, 0.3) is 0 Å². The Morgan fingerprint density at radius 1 is 1.50 bits per heavy atom. The van der Waals surface area contributed by atoms with Crippen LogP contribution in [0.4, 0.5) is 11.4 Å². The second-order valence-electron chi connectivity index (χ2n) is 4.15. The molecule has 0 bridgehead atoms. The molecule has 0 saturated carbocycles. The van der Waals surface area contributed by atoms with Gasteiger partial charge in [-0.3, -0.25) is 10.1 Å². The molecule has 0 saturated heterocycles. The number of nitrogens with one attached hydrogen (secondary N) is 1. The number of benzene rings is 1. The average Bonchev–Trinajstić information content (AvgIpc) is 2.39. The molecule has 1 rings (SSSR count). The number of methoxy groups -OCH3 is 1. The number of aliphatic hydroxyl groups excluding tert-OH is 1. The van der Waals surface area contributed by atoms with Gasteiger partial charge in [-0.05, 0) is 25.5 Å². The van der Waals surface area contributed by atoms with Crippen LogP contribution in [0.1, 0.15) is 13.3 Å². The molecule has 7 nitrogen and oxygen atoms in total. The van der Waals surface area contributed by atoms with Crippen molar-refractivity contribution in [2.75, 3.05) is 32.2 Å². The molecule has 0 fully saturated rings. The predicted octanol–water partition coefficient (Wildman–Crippen LogP) is 1.80. The van der Waals surface area contributed by atoms with Gasteiger partial charge in [-0.25, -0.2) is 0 Å². The smallest absolute Gasteiger partial charge is 0.333 e. The molecule has 1 aromatic carbocycles. The van der Waals surface area contributed by atoms with Crippen LogP contribution in [0.2, 0.25) is 0 Å². The van der Waals surface area contributed by atoms with Crippen molar-refractivity contribution >= 4 is 11.4 Å². The molecule has 0 aliphatic heterocycles. The minimum absolute atomic E-state index is 0.0278. The summed E-state index contributed by atoms with van der Waals surface area (Å²) in [5.41, 5.74) is 0.254. The maximum absolute atomic E-state index is 11.2. The standard InChI is InChI=1S/C13H20N2O5/c1-3-20-12-6-4-5-11(13(12)15(17)18)14-10(7-8-16)9-19-2/h4-6,10,14,16H,3,7-9H2,1-2H3. The largest absolute Gasteiger partial charge is 0.487 e. The van der Waals surface area contributed by atoms with Gasteiger partial charge in [0.25, 0.3) is 0 Å². The molecule has 1 atom stereocenters. The summed E-state index contributed by atoms with van der Waals surface area (Å²) in [6.45, 7) is 2.43. The van der Waals surface area contributed by atoms with Gasteiger partial charge in [-0.15, -0.1) is 0 Å². The summed E-state index contributed by atoms with van der Waals surface area (Å²) in [6.07, 6.45) is 0.434. The van der Waals surface area contributed by atoms with Crippen LogP contribution in [0.5, 0.6) is 5.75 Å². The monoisotopic (exact) mass is 284 g/mol. The van der Waals surface area contributed by atoms with Crippen LogP contribution in [0.15, 0.2) is 18.2 Å². The summed E-state index contributed by atoms with van der Waals surface area (Å²) < 4.78 is 10.3. The molecule has 0 aromatic heterocycles. The molecule has 0 amide bonds. The Balaban J connectivity index is 3.03. The van der Waals surface area contributed by atoms with E-state index >= 15 is 0 Å². The van der Waals surface area contributed by atoms with Crippen molar-refractivity contribution in [1.29, 1.82) is 0 Å². The van der Waals surface area contributed by atoms with E-state index in [0.29, 0.717) is 25.3 Å². The summed E-state index contributed by atoms with van der Waals surface area (Å²) >= 11 is 0. The fourth-order valence-corrected chi connectivity index (χ4v) is 1.87. The third-order valence-electron chi connectivity index (χ3n) is 2.69. The second kappa shape index (κ2) is 8.34. The number of anilines is 1. The summed E-state index contributed by atoms with van der Waals surface area (Å²) in [7, 11) is 1.54. The van der Waals surface area contributed by atoms with Crippen molar-refractivity contribution in [2.45, 2.75) is 19.4 Å². The van der Waals surface area contributed by atoms with Crippen LogP contribution < -0.4 is 10.1 Å². The minimum atomic E-state index is -0.476. The van der Waals surface area contributed by atoms with Crippen LogP contribution in [-0.2, 0) is 4.74 Å². The lowest BCUT2D eigenvalue weighted by Gasteiger charge is -2.18. The zero-order valence-corrected chi connectivity index (χ0v) is 11.7. The number of para-hydroxylation sites is 1. The number of nitro benzene ring substituents is 1. The normalized spacial score (nSPS) is 11.9. The fourth-order valence-electron chi connectivity index (χ4n) is 1.87. The molecule has 1 unspecified atom stereocenters. The Labute approximate surface area is 117 Å². The van der Waals surface area contributed by atoms with E-state index in [2.05, 4.69) is 5.32 Å². The highest BCUT2D eigenvalue weighted by atomic mass is 16.6. The molecule has 7 heteroatoms. The topological polar surface area (TPSA) is 93.9 Å². The van der Waals surface area contributed by atoms with E-state index < -0.39 is 4.92 Å². The Bertz CT molecular complexity index is 433. The number of hydrogen-bond acceptors (Lipinski definition) is 6. The second-order valence-corrected chi connectivity index (χ2v) is 4.15. The summed E-state index contributed by atoms with van der Waals surface area (Å²) in [5, 5.41) is 23.2. The molecule has 112 valence electrons. The highest BCUT2D eigenvalue weighted by molar-refractivity contribution is 5.68. The molecule has 0 heterocycles. The highest BCUT2D eigenvalue weighted by Gasteiger charge is 2.22. The number of rotatable bonds is 9. The van der Waals surface area contributed by atoms with Gasteiger partial charge >= 0.3 is 5.69 Å². The molecular weight excluding hydrogens is 264 g/mol. The Morgan fingerprint density at radius 2 is 2.25 bits per heavy atom. The molecule has 2 N–H and O–H groups in total. The maximum atomic E-state index is 11.2. The quantitative estimate of drug-likeness (QED) is 0.530. The maximum Gasteiger partial charge on any atom is 0.333 e. The van der Waals surface area contributed by atoms with Crippen molar-refractivity contribution in [2.24, 2.45) is 0 Å². The first-order chi connectivity index (χ1) is 9.63. The van der Waals surface area contributed by atoms with Gasteiger partial charge in [0.2, 0.25) is 0 Å². The van der Waals surface area contributed by atoms with Crippen LogP contribution in [0.3, 0.4) is 0 Å². The van der Waals surface area contributed by atoms with Gasteiger partial charge in [0, 0.05) is 13.7 Å². The molecule has 0 aliphatic carbocycles. The lowest BCUT2D eigenvalue weighted by atomic mass is 10.2. The molecule has 1 aromatic rings. The van der Waals surface area contributed by atoms with Crippen molar-refractivity contribution in [3.05, 3.63) is 28.3 Å².